The lowest BCUT2D eigenvalue weighted by atomic mass is 9.98. The van der Waals surface area contributed by atoms with Gasteiger partial charge in [0, 0.05) is 24.8 Å². The fraction of sp³-hybridized carbons (Fsp3) is 0.269. The number of aryl methyl sites for hydroxylation is 3. The molecule has 0 unspecified atom stereocenters. The first-order valence-corrected chi connectivity index (χ1v) is 12.3. The second-order valence-corrected chi connectivity index (χ2v) is 10.3. The Morgan fingerprint density at radius 3 is 2.55 bits per heavy atom. The second kappa shape index (κ2) is 8.90. The van der Waals surface area contributed by atoms with Gasteiger partial charge in [-0.25, -0.2) is 8.42 Å². The first kappa shape index (κ1) is 22.9. The number of sulfonamides is 1. The Labute approximate surface area is 195 Å². The number of hydrogen-bond donors (Lipinski definition) is 0. The van der Waals surface area contributed by atoms with Crippen LogP contribution in [-0.2, 0) is 16.4 Å². The lowest BCUT2D eigenvalue weighted by Gasteiger charge is -2.30. The topological polar surface area (TPSA) is 66.9 Å². The minimum Gasteiger partial charge on any atom is -0.495 e. The molecule has 0 saturated heterocycles. The van der Waals surface area contributed by atoms with Crippen LogP contribution in [0.25, 0.3) is 0 Å². The average Bonchev–Trinajstić information content (AvgIpc) is 2.82. The largest absolute Gasteiger partial charge is 0.495 e. The van der Waals surface area contributed by atoms with Crippen LogP contribution in [0.15, 0.2) is 65.6 Å². The quantitative estimate of drug-likeness (QED) is 0.548. The Kier molecular flexibility index (Phi) is 6.17. The van der Waals surface area contributed by atoms with Gasteiger partial charge in [-0.3, -0.25) is 9.10 Å². The second-order valence-electron chi connectivity index (χ2n) is 8.31. The van der Waals surface area contributed by atoms with Gasteiger partial charge in [-0.15, -0.1) is 0 Å². The van der Waals surface area contributed by atoms with Crippen molar-refractivity contribution in [2.45, 2.75) is 31.6 Å². The summed E-state index contributed by atoms with van der Waals surface area (Å²) in [7, 11) is -0.928. The Morgan fingerprint density at radius 2 is 1.79 bits per heavy atom. The zero-order valence-electron chi connectivity index (χ0n) is 19.3. The van der Waals surface area contributed by atoms with E-state index in [1.165, 1.54) is 24.5 Å². The van der Waals surface area contributed by atoms with Crippen molar-refractivity contribution < 1.29 is 17.9 Å². The number of benzene rings is 3. The van der Waals surface area contributed by atoms with Crippen LogP contribution in [0, 0.1) is 13.8 Å². The molecule has 6 nitrogen and oxygen atoms in total. The molecule has 3 aromatic carbocycles. The van der Waals surface area contributed by atoms with E-state index in [1.807, 2.05) is 26.0 Å². The molecular weight excluding hydrogens is 436 g/mol. The minimum absolute atomic E-state index is 0.0611. The Morgan fingerprint density at radius 1 is 1.03 bits per heavy atom. The summed E-state index contributed by atoms with van der Waals surface area (Å²) in [5.41, 5.74) is 4.75. The zero-order valence-corrected chi connectivity index (χ0v) is 20.1. The van der Waals surface area contributed by atoms with Gasteiger partial charge in [0.05, 0.1) is 17.7 Å². The molecule has 172 valence electrons. The Balaban J connectivity index is 1.72. The fourth-order valence-electron chi connectivity index (χ4n) is 4.25. The molecule has 0 fully saturated rings. The molecule has 3 aromatic rings. The van der Waals surface area contributed by atoms with Gasteiger partial charge in [0.15, 0.2) is 0 Å². The highest BCUT2D eigenvalue weighted by molar-refractivity contribution is 7.92. The Hall–Kier alpha value is -3.32. The van der Waals surface area contributed by atoms with Crippen molar-refractivity contribution in [3.8, 4) is 5.75 Å². The molecule has 4 rings (SSSR count). The minimum atomic E-state index is -3.91. The molecule has 1 amide bonds. The predicted octanol–water partition coefficient (Wildman–Crippen LogP) is 4.73. The molecule has 0 saturated carbocycles. The molecule has 0 atom stereocenters. The van der Waals surface area contributed by atoms with E-state index in [1.54, 1.807) is 41.3 Å². The van der Waals surface area contributed by atoms with Gasteiger partial charge in [0.2, 0.25) is 0 Å². The van der Waals surface area contributed by atoms with E-state index in [0.717, 1.165) is 35.2 Å². The SMILES string of the molecule is COc1ccccc1N(C)S(=O)(=O)c1ccc(C)c(C(=O)N2CCCc3cc(C)ccc32)c1. The molecule has 0 aliphatic carbocycles. The summed E-state index contributed by atoms with van der Waals surface area (Å²) in [5.74, 6) is 0.265. The lowest BCUT2D eigenvalue weighted by Crippen LogP contribution is -2.36. The molecule has 1 aliphatic heterocycles. The fourth-order valence-corrected chi connectivity index (χ4v) is 5.48. The predicted molar refractivity (Wildman–Crippen MR) is 131 cm³/mol. The number of para-hydroxylation sites is 2. The van der Waals surface area contributed by atoms with Gasteiger partial charge in [0.25, 0.3) is 15.9 Å². The summed E-state index contributed by atoms with van der Waals surface area (Å²) in [5, 5.41) is 0. The molecular formula is C26H28N2O4S. The molecule has 1 aliphatic rings. The number of methoxy groups -OCH3 is 1. The van der Waals surface area contributed by atoms with Crippen LogP contribution in [-0.4, -0.2) is 35.0 Å². The summed E-state index contributed by atoms with van der Waals surface area (Å²) >= 11 is 0. The first-order chi connectivity index (χ1) is 15.7. The molecule has 33 heavy (non-hydrogen) atoms. The van der Waals surface area contributed by atoms with Crippen molar-refractivity contribution in [1.82, 2.24) is 0 Å². The smallest absolute Gasteiger partial charge is 0.264 e. The van der Waals surface area contributed by atoms with Gasteiger partial charge in [-0.1, -0.05) is 35.9 Å². The monoisotopic (exact) mass is 464 g/mol. The summed E-state index contributed by atoms with van der Waals surface area (Å²) < 4.78 is 33.4. The molecule has 0 N–H and O–H groups in total. The van der Waals surface area contributed by atoms with Crippen molar-refractivity contribution >= 4 is 27.3 Å². The van der Waals surface area contributed by atoms with Crippen molar-refractivity contribution in [1.29, 1.82) is 0 Å². The van der Waals surface area contributed by atoms with Crippen LogP contribution in [0.4, 0.5) is 11.4 Å². The van der Waals surface area contributed by atoms with E-state index in [2.05, 4.69) is 6.07 Å². The van der Waals surface area contributed by atoms with E-state index in [9.17, 15) is 13.2 Å². The third kappa shape index (κ3) is 4.20. The summed E-state index contributed by atoms with van der Waals surface area (Å²) in [6.45, 7) is 4.47. The third-order valence-electron chi connectivity index (χ3n) is 6.12. The van der Waals surface area contributed by atoms with E-state index >= 15 is 0 Å². The van der Waals surface area contributed by atoms with Crippen LogP contribution in [0.3, 0.4) is 0 Å². The lowest BCUT2D eigenvalue weighted by molar-refractivity contribution is 0.0984. The van der Waals surface area contributed by atoms with E-state index in [4.69, 9.17) is 4.74 Å². The maximum Gasteiger partial charge on any atom is 0.264 e. The van der Waals surface area contributed by atoms with Gasteiger partial charge < -0.3 is 9.64 Å². The number of carbonyl (C=O) groups excluding carboxylic acids is 1. The third-order valence-corrected chi connectivity index (χ3v) is 7.89. The maximum absolute atomic E-state index is 13.6. The summed E-state index contributed by atoms with van der Waals surface area (Å²) in [4.78, 5) is 15.4. The van der Waals surface area contributed by atoms with E-state index in [0.29, 0.717) is 23.5 Å². The van der Waals surface area contributed by atoms with E-state index < -0.39 is 10.0 Å². The number of nitrogens with zero attached hydrogens (tertiary/aromatic N) is 2. The molecule has 0 aromatic heterocycles. The van der Waals surface area contributed by atoms with Crippen molar-refractivity contribution in [2.24, 2.45) is 0 Å². The molecule has 0 radical (unpaired) electrons. The van der Waals surface area contributed by atoms with Crippen LogP contribution in [0.5, 0.6) is 5.75 Å². The number of rotatable bonds is 5. The van der Waals surface area contributed by atoms with Crippen molar-refractivity contribution in [2.75, 3.05) is 29.9 Å². The van der Waals surface area contributed by atoms with E-state index in [-0.39, 0.29) is 10.8 Å². The summed E-state index contributed by atoms with van der Waals surface area (Å²) in [6, 6.07) is 17.7. The average molecular weight is 465 g/mol. The highest BCUT2D eigenvalue weighted by Gasteiger charge is 2.28. The van der Waals surface area contributed by atoms with Gasteiger partial charge in [0.1, 0.15) is 5.75 Å². The molecule has 7 heteroatoms. The zero-order chi connectivity index (χ0) is 23.8. The van der Waals surface area contributed by atoms with Gasteiger partial charge in [-0.2, -0.15) is 0 Å². The van der Waals surface area contributed by atoms with Gasteiger partial charge >= 0.3 is 0 Å². The first-order valence-electron chi connectivity index (χ1n) is 10.9. The summed E-state index contributed by atoms with van der Waals surface area (Å²) in [6.07, 6.45) is 1.80. The van der Waals surface area contributed by atoms with Crippen LogP contribution in [0.2, 0.25) is 0 Å². The molecule has 0 spiro atoms. The number of ether oxygens (including phenoxy) is 1. The number of hydrogen-bond acceptors (Lipinski definition) is 4. The van der Waals surface area contributed by atoms with Crippen LogP contribution < -0.4 is 13.9 Å². The van der Waals surface area contributed by atoms with Crippen LogP contribution in [0.1, 0.15) is 33.5 Å². The normalized spacial score (nSPS) is 13.4. The van der Waals surface area contributed by atoms with Crippen molar-refractivity contribution in [3.63, 3.8) is 0 Å². The Bertz CT molecular complexity index is 1320. The number of fused-ring (bicyclic) bond motifs is 1. The number of anilines is 2. The number of amides is 1. The van der Waals surface area contributed by atoms with Crippen molar-refractivity contribution in [3.05, 3.63) is 82.9 Å². The van der Waals surface area contributed by atoms with Gasteiger partial charge in [-0.05, 0) is 68.1 Å². The number of carbonyl (C=O) groups is 1. The maximum atomic E-state index is 13.6. The van der Waals surface area contributed by atoms with Crippen LogP contribution >= 0.6 is 0 Å². The molecule has 1 heterocycles. The highest BCUT2D eigenvalue weighted by atomic mass is 32.2. The highest BCUT2D eigenvalue weighted by Crippen LogP contribution is 2.33. The molecule has 0 bridgehead atoms. The standard InChI is InChI=1S/C26H28N2O4S/c1-18-11-14-23-20(16-18)8-7-15-28(23)26(29)22-17-21(13-12-19(22)2)33(30,31)27(3)24-9-5-6-10-25(24)32-4/h5-6,9-14,16-17H,7-8,15H2,1-4H3.